The van der Waals surface area contributed by atoms with Gasteiger partial charge in [0.1, 0.15) is 5.82 Å². The number of halogens is 1. The van der Waals surface area contributed by atoms with Crippen molar-refractivity contribution in [1.29, 1.82) is 0 Å². The number of rotatable bonds is 2. The van der Waals surface area contributed by atoms with Crippen LogP contribution in [-0.2, 0) is 15.0 Å². The van der Waals surface area contributed by atoms with Gasteiger partial charge in [0.25, 0.3) is 0 Å². The van der Waals surface area contributed by atoms with E-state index in [0.29, 0.717) is 29.7 Å². The second-order valence-corrected chi connectivity index (χ2v) is 9.12. The predicted octanol–water partition coefficient (Wildman–Crippen LogP) is 5.13. The third kappa shape index (κ3) is 3.76. The maximum atomic E-state index is 14.4. The number of carbonyl (C=O) groups excluding carboxylic acids is 2. The van der Waals surface area contributed by atoms with E-state index >= 15 is 0 Å². The normalized spacial score (nSPS) is 22.3. The zero-order chi connectivity index (χ0) is 20.8. The molecule has 3 nitrogen and oxygen atoms in total. The summed E-state index contributed by atoms with van der Waals surface area (Å²) in [5.74, 6) is -1.00. The van der Waals surface area contributed by atoms with Gasteiger partial charge >= 0.3 is 0 Å². The van der Waals surface area contributed by atoms with Gasteiger partial charge in [-0.2, -0.15) is 0 Å². The summed E-state index contributed by atoms with van der Waals surface area (Å²) in [6.07, 6.45) is 1.08. The molecule has 0 bridgehead atoms. The Balaban J connectivity index is 1.67. The van der Waals surface area contributed by atoms with Crippen LogP contribution in [-0.4, -0.2) is 11.7 Å². The first-order valence-corrected chi connectivity index (χ1v) is 10.1. The number of hydrogen-bond acceptors (Lipinski definition) is 2. The molecule has 2 aromatic carbocycles. The summed E-state index contributed by atoms with van der Waals surface area (Å²) >= 11 is 0. The maximum Gasteiger partial charge on any atom is 0.225 e. The van der Waals surface area contributed by atoms with Gasteiger partial charge in [-0.25, -0.2) is 4.39 Å². The molecular weight excluding hydrogens is 365 g/mol. The molecule has 0 saturated carbocycles. The third-order valence-electron chi connectivity index (χ3n) is 6.06. The van der Waals surface area contributed by atoms with Crippen LogP contribution >= 0.6 is 0 Å². The van der Waals surface area contributed by atoms with E-state index < -0.39 is 5.92 Å². The summed E-state index contributed by atoms with van der Waals surface area (Å²) in [7, 11) is 0. The van der Waals surface area contributed by atoms with Gasteiger partial charge in [0.05, 0.1) is 0 Å². The highest BCUT2D eigenvalue weighted by Crippen LogP contribution is 2.43. The van der Waals surface area contributed by atoms with Gasteiger partial charge in [-0.15, -0.1) is 0 Å². The minimum absolute atomic E-state index is 0.00407. The van der Waals surface area contributed by atoms with Crippen molar-refractivity contribution in [1.82, 2.24) is 5.32 Å². The van der Waals surface area contributed by atoms with E-state index in [1.165, 1.54) is 11.6 Å². The number of carbonyl (C=O) groups is 2. The largest absolute Gasteiger partial charge is 0.329 e. The summed E-state index contributed by atoms with van der Waals surface area (Å²) in [5, 5.41) is 2.90. The van der Waals surface area contributed by atoms with Gasteiger partial charge in [0, 0.05) is 30.0 Å². The molecule has 0 aromatic heterocycles. The molecule has 1 heterocycles. The summed E-state index contributed by atoms with van der Waals surface area (Å²) in [5.41, 5.74) is 4.08. The van der Waals surface area contributed by atoms with Crippen LogP contribution in [0.2, 0.25) is 0 Å². The van der Waals surface area contributed by atoms with Crippen molar-refractivity contribution >= 4 is 11.7 Å². The minimum atomic E-state index is -0.503. The van der Waals surface area contributed by atoms with Crippen LogP contribution in [0.1, 0.15) is 68.6 Å². The van der Waals surface area contributed by atoms with Crippen molar-refractivity contribution in [2.24, 2.45) is 0 Å². The molecule has 2 atom stereocenters. The monoisotopic (exact) mass is 391 g/mol. The highest BCUT2D eigenvalue weighted by molar-refractivity contribution is 6.02. The molecule has 2 aliphatic rings. The Kier molecular flexibility index (Phi) is 4.89. The lowest BCUT2D eigenvalue weighted by Gasteiger charge is -2.34. The number of amides is 1. The Morgan fingerprint density at radius 1 is 0.931 bits per heavy atom. The van der Waals surface area contributed by atoms with Crippen LogP contribution in [0, 0.1) is 5.82 Å². The van der Waals surface area contributed by atoms with Crippen LogP contribution in [0.3, 0.4) is 0 Å². The van der Waals surface area contributed by atoms with Gasteiger partial charge in [0.15, 0.2) is 5.78 Å². The van der Waals surface area contributed by atoms with E-state index in [1.807, 2.05) is 0 Å². The third-order valence-corrected chi connectivity index (χ3v) is 6.06. The SMILES string of the molecule is CC(C)(C)c1ccc(C2CC(=O)C3=C(C2)NC(=O)CC3c2ccccc2F)cc1. The molecule has 0 saturated heterocycles. The molecular formula is C25H26FNO2. The lowest BCUT2D eigenvalue weighted by Crippen LogP contribution is -2.38. The lowest BCUT2D eigenvalue weighted by atomic mass is 9.73. The first-order valence-electron chi connectivity index (χ1n) is 10.1. The van der Waals surface area contributed by atoms with Crippen LogP contribution in [0.15, 0.2) is 59.8 Å². The van der Waals surface area contributed by atoms with Crippen LogP contribution in [0.4, 0.5) is 4.39 Å². The molecule has 1 N–H and O–H groups in total. The van der Waals surface area contributed by atoms with Gasteiger partial charge < -0.3 is 5.32 Å². The van der Waals surface area contributed by atoms with Crippen molar-refractivity contribution in [2.45, 2.75) is 57.3 Å². The molecule has 150 valence electrons. The molecule has 1 aliphatic carbocycles. The molecule has 2 aromatic rings. The van der Waals surface area contributed by atoms with Crippen molar-refractivity contribution in [3.05, 3.63) is 82.3 Å². The van der Waals surface area contributed by atoms with Crippen molar-refractivity contribution in [3.63, 3.8) is 0 Å². The van der Waals surface area contributed by atoms with Gasteiger partial charge in [-0.1, -0.05) is 63.2 Å². The fraction of sp³-hybridized carbons (Fsp3) is 0.360. The van der Waals surface area contributed by atoms with Gasteiger partial charge in [-0.05, 0) is 40.5 Å². The summed E-state index contributed by atoms with van der Waals surface area (Å²) < 4.78 is 14.4. The molecule has 0 fully saturated rings. The van der Waals surface area contributed by atoms with Crippen LogP contribution in [0.25, 0.3) is 0 Å². The fourth-order valence-electron chi connectivity index (χ4n) is 4.47. The number of ketones is 1. The molecule has 0 spiro atoms. The average molecular weight is 391 g/mol. The van der Waals surface area contributed by atoms with Crippen LogP contribution < -0.4 is 5.32 Å². The molecule has 4 heteroatoms. The second-order valence-electron chi connectivity index (χ2n) is 9.12. The molecule has 1 amide bonds. The van der Waals surface area contributed by atoms with Crippen LogP contribution in [0.5, 0.6) is 0 Å². The van der Waals surface area contributed by atoms with E-state index in [0.717, 1.165) is 5.56 Å². The zero-order valence-corrected chi connectivity index (χ0v) is 17.1. The van der Waals surface area contributed by atoms with Crippen molar-refractivity contribution in [2.75, 3.05) is 0 Å². The summed E-state index contributed by atoms with van der Waals surface area (Å²) in [4.78, 5) is 25.4. The first-order chi connectivity index (χ1) is 13.7. The molecule has 0 radical (unpaired) electrons. The summed E-state index contributed by atoms with van der Waals surface area (Å²) in [6.45, 7) is 6.51. The molecule has 29 heavy (non-hydrogen) atoms. The van der Waals surface area contributed by atoms with Crippen molar-refractivity contribution in [3.8, 4) is 0 Å². The van der Waals surface area contributed by atoms with E-state index in [9.17, 15) is 14.0 Å². The zero-order valence-electron chi connectivity index (χ0n) is 17.1. The van der Waals surface area contributed by atoms with E-state index in [1.54, 1.807) is 18.2 Å². The van der Waals surface area contributed by atoms with Gasteiger partial charge in [-0.3, -0.25) is 9.59 Å². The fourth-order valence-corrected chi connectivity index (χ4v) is 4.47. The molecule has 1 aliphatic heterocycles. The Hall–Kier alpha value is -2.75. The number of hydrogen-bond donors (Lipinski definition) is 1. The first kappa shape index (κ1) is 19.6. The van der Waals surface area contributed by atoms with Crippen molar-refractivity contribution < 1.29 is 14.0 Å². The van der Waals surface area contributed by atoms with E-state index in [-0.39, 0.29) is 35.3 Å². The second kappa shape index (κ2) is 7.25. The predicted molar refractivity (Wildman–Crippen MR) is 111 cm³/mol. The Labute approximate surface area is 171 Å². The minimum Gasteiger partial charge on any atom is -0.329 e. The lowest BCUT2D eigenvalue weighted by molar-refractivity contribution is -0.122. The Morgan fingerprint density at radius 3 is 2.28 bits per heavy atom. The molecule has 4 rings (SSSR count). The number of nitrogens with one attached hydrogen (secondary N) is 1. The Bertz CT molecular complexity index is 998. The van der Waals surface area contributed by atoms with Gasteiger partial charge in [0.2, 0.25) is 5.91 Å². The number of Topliss-reactive ketones (excluding diaryl/α,β-unsaturated/α-hetero) is 1. The maximum absolute atomic E-state index is 14.4. The molecule has 2 unspecified atom stereocenters. The number of benzene rings is 2. The standard InChI is InChI=1S/C25H26FNO2/c1-25(2,3)17-10-8-15(9-11-17)16-12-21-24(22(28)13-16)19(14-23(29)27-21)18-6-4-5-7-20(18)26/h4-11,16,19H,12-14H2,1-3H3,(H,27,29). The summed E-state index contributed by atoms with van der Waals surface area (Å²) in [6, 6.07) is 14.8. The Morgan fingerprint density at radius 2 is 1.62 bits per heavy atom. The smallest absolute Gasteiger partial charge is 0.225 e. The van der Waals surface area contributed by atoms with E-state index in [2.05, 4.69) is 50.4 Å². The average Bonchev–Trinajstić information content (AvgIpc) is 2.67. The highest BCUT2D eigenvalue weighted by Gasteiger charge is 2.39. The quantitative estimate of drug-likeness (QED) is 0.772. The van der Waals surface area contributed by atoms with E-state index in [4.69, 9.17) is 0 Å². The topological polar surface area (TPSA) is 46.2 Å². The number of allylic oxidation sites excluding steroid dienone is 2. The highest BCUT2D eigenvalue weighted by atomic mass is 19.1.